The van der Waals surface area contributed by atoms with Crippen molar-refractivity contribution in [3.63, 3.8) is 0 Å². The van der Waals surface area contributed by atoms with Gasteiger partial charge in [-0.1, -0.05) is 23.7 Å². The van der Waals surface area contributed by atoms with Crippen molar-refractivity contribution in [1.82, 2.24) is 4.72 Å². The molecule has 104 valence electrons. The zero-order valence-corrected chi connectivity index (χ0v) is 11.9. The van der Waals surface area contributed by atoms with Crippen LogP contribution in [0.4, 0.5) is 0 Å². The topological polar surface area (TPSA) is 72.5 Å². The second kappa shape index (κ2) is 7.28. The fourth-order valence-corrected chi connectivity index (χ4v) is 1.75. The van der Waals surface area contributed by atoms with E-state index in [9.17, 15) is 13.2 Å². The van der Waals surface area contributed by atoms with Crippen molar-refractivity contribution in [2.24, 2.45) is 0 Å². The summed E-state index contributed by atoms with van der Waals surface area (Å²) >= 11 is 5.72. The van der Waals surface area contributed by atoms with Crippen LogP contribution in [0, 0.1) is 0 Å². The molecule has 0 aliphatic heterocycles. The maximum absolute atomic E-state index is 11.3. The number of nitrogens with one attached hydrogen (secondary N) is 1. The minimum atomic E-state index is -3.25. The Labute approximate surface area is 117 Å². The molecule has 1 aromatic carbocycles. The molecule has 0 bridgehead atoms. The Bertz CT molecular complexity index is 552. The minimum absolute atomic E-state index is 0.0170. The Hall–Kier alpha value is -1.37. The van der Waals surface area contributed by atoms with E-state index in [2.05, 4.69) is 4.72 Å². The van der Waals surface area contributed by atoms with E-state index in [4.69, 9.17) is 16.3 Å². The van der Waals surface area contributed by atoms with E-state index in [1.165, 1.54) is 6.08 Å². The van der Waals surface area contributed by atoms with Crippen molar-refractivity contribution < 1.29 is 17.9 Å². The monoisotopic (exact) mass is 303 g/mol. The lowest BCUT2D eigenvalue weighted by atomic mass is 10.2. The molecular weight excluding hydrogens is 290 g/mol. The van der Waals surface area contributed by atoms with Crippen LogP contribution in [-0.4, -0.2) is 33.8 Å². The first-order valence-electron chi connectivity index (χ1n) is 5.42. The highest BCUT2D eigenvalue weighted by molar-refractivity contribution is 7.88. The molecule has 0 heterocycles. The van der Waals surface area contributed by atoms with Crippen molar-refractivity contribution >= 4 is 33.7 Å². The largest absolute Gasteiger partial charge is 0.461 e. The van der Waals surface area contributed by atoms with Gasteiger partial charge < -0.3 is 4.74 Å². The number of halogens is 1. The van der Waals surface area contributed by atoms with Gasteiger partial charge in [-0.3, -0.25) is 0 Å². The number of rotatable bonds is 6. The molecule has 0 aliphatic rings. The fraction of sp³-hybridized carbons (Fsp3) is 0.250. The number of ether oxygens (including phenoxy) is 1. The van der Waals surface area contributed by atoms with Crippen molar-refractivity contribution in [1.29, 1.82) is 0 Å². The van der Waals surface area contributed by atoms with Crippen molar-refractivity contribution in [2.75, 3.05) is 19.4 Å². The Morgan fingerprint density at radius 2 is 2.00 bits per heavy atom. The first kappa shape index (κ1) is 15.7. The fourth-order valence-electron chi connectivity index (χ4n) is 1.16. The van der Waals surface area contributed by atoms with Gasteiger partial charge in [0.25, 0.3) is 0 Å². The lowest BCUT2D eigenvalue weighted by Crippen LogP contribution is -2.26. The number of carbonyl (C=O) groups is 1. The summed E-state index contributed by atoms with van der Waals surface area (Å²) < 4.78 is 28.5. The van der Waals surface area contributed by atoms with Crippen LogP contribution in [0.5, 0.6) is 0 Å². The summed E-state index contributed by atoms with van der Waals surface area (Å²) in [5.74, 6) is -0.537. The van der Waals surface area contributed by atoms with Gasteiger partial charge in [0.1, 0.15) is 6.61 Å². The highest BCUT2D eigenvalue weighted by Gasteiger charge is 2.01. The van der Waals surface area contributed by atoms with E-state index in [1.807, 2.05) is 0 Å². The molecule has 0 saturated carbocycles. The lowest BCUT2D eigenvalue weighted by molar-refractivity contribution is -0.137. The second-order valence-electron chi connectivity index (χ2n) is 3.72. The average Bonchev–Trinajstić information content (AvgIpc) is 2.33. The Morgan fingerprint density at radius 3 is 2.58 bits per heavy atom. The van der Waals surface area contributed by atoms with Gasteiger partial charge in [-0.05, 0) is 23.8 Å². The highest BCUT2D eigenvalue weighted by Crippen LogP contribution is 2.10. The molecule has 5 nitrogen and oxygen atoms in total. The van der Waals surface area contributed by atoms with Crippen LogP contribution in [0.1, 0.15) is 5.56 Å². The van der Waals surface area contributed by atoms with Gasteiger partial charge in [-0.15, -0.1) is 0 Å². The van der Waals surface area contributed by atoms with Crippen molar-refractivity contribution in [3.05, 3.63) is 40.9 Å². The van der Waals surface area contributed by atoms with E-state index in [0.29, 0.717) is 5.02 Å². The number of hydrogen-bond acceptors (Lipinski definition) is 4. The van der Waals surface area contributed by atoms with Gasteiger partial charge in [0, 0.05) is 17.6 Å². The molecule has 1 rings (SSSR count). The average molecular weight is 304 g/mol. The molecule has 1 N–H and O–H groups in total. The molecule has 0 amide bonds. The molecule has 0 atom stereocenters. The maximum atomic E-state index is 11.3. The summed E-state index contributed by atoms with van der Waals surface area (Å²) in [6, 6.07) is 6.94. The second-order valence-corrected chi connectivity index (χ2v) is 5.99. The van der Waals surface area contributed by atoms with Crippen LogP contribution in [0.2, 0.25) is 5.02 Å². The van der Waals surface area contributed by atoms with E-state index < -0.39 is 16.0 Å². The van der Waals surface area contributed by atoms with Gasteiger partial charge in [0.15, 0.2) is 0 Å². The normalized spacial score (nSPS) is 11.7. The molecule has 0 saturated heterocycles. The minimum Gasteiger partial charge on any atom is -0.461 e. The van der Waals surface area contributed by atoms with Gasteiger partial charge >= 0.3 is 5.97 Å². The standard InChI is InChI=1S/C12H14ClNO4S/c1-19(16,17)14-8-9-18-12(15)7-4-10-2-5-11(13)6-3-10/h2-7,14H,8-9H2,1H3. The summed E-state index contributed by atoms with van der Waals surface area (Å²) in [6.45, 7) is 0.0379. The molecule has 0 radical (unpaired) electrons. The summed E-state index contributed by atoms with van der Waals surface area (Å²) in [5.41, 5.74) is 0.815. The number of benzene rings is 1. The van der Waals surface area contributed by atoms with Crippen molar-refractivity contribution in [2.45, 2.75) is 0 Å². The van der Waals surface area contributed by atoms with Crippen LogP contribution < -0.4 is 4.72 Å². The summed E-state index contributed by atoms with van der Waals surface area (Å²) in [7, 11) is -3.25. The van der Waals surface area contributed by atoms with Gasteiger partial charge in [0.2, 0.25) is 10.0 Å². The van der Waals surface area contributed by atoms with Gasteiger partial charge in [0.05, 0.1) is 6.26 Å². The number of carbonyl (C=O) groups excluding carboxylic acids is 1. The maximum Gasteiger partial charge on any atom is 0.330 e. The Kier molecular flexibility index (Phi) is 6.01. The molecule has 0 aromatic heterocycles. The van der Waals surface area contributed by atoms with Crippen LogP contribution >= 0.6 is 11.6 Å². The SMILES string of the molecule is CS(=O)(=O)NCCOC(=O)C=Cc1ccc(Cl)cc1. The third-order valence-electron chi connectivity index (χ3n) is 1.99. The quantitative estimate of drug-likeness (QED) is 0.490. The first-order valence-corrected chi connectivity index (χ1v) is 7.69. The van der Waals surface area contributed by atoms with Crippen LogP contribution in [0.15, 0.2) is 30.3 Å². The Morgan fingerprint density at radius 1 is 1.37 bits per heavy atom. The van der Waals surface area contributed by atoms with E-state index in [0.717, 1.165) is 11.8 Å². The molecule has 1 aromatic rings. The molecule has 0 spiro atoms. The van der Waals surface area contributed by atoms with Gasteiger partial charge in [-0.2, -0.15) is 0 Å². The predicted molar refractivity (Wildman–Crippen MR) is 74.3 cm³/mol. The predicted octanol–water partition coefficient (Wildman–Crippen LogP) is 1.45. The number of esters is 1. The highest BCUT2D eigenvalue weighted by atomic mass is 35.5. The zero-order chi connectivity index (χ0) is 14.3. The smallest absolute Gasteiger partial charge is 0.330 e. The summed E-state index contributed by atoms with van der Waals surface area (Å²) in [6.07, 6.45) is 3.89. The zero-order valence-electron chi connectivity index (χ0n) is 10.3. The first-order chi connectivity index (χ1) is 8.87. The molecule has 0 unspecified atom stereocenters. The molecule has 7 heteroatoms. The van der Waals surface area contributed by atoms with E-state index in [-0.39, 0.29) is 13.2 Å². The van der Waals surface area contributed by atoms with Crippen molar-refractivity contribution in [3.8, 4) is 0 Å². The Balaban J connectivity index is 2.33. The van der Waals surface area contributed by atoms with Crippen LogP contribution in [-0.2, 0) is 19.6 Å². The third-order valence-corrected chi connectivity index (χ3v) is 2.97. The molecule has 0 fully saturated rings. The third kappa shape index (κ3) is 7.61. The molecular formula is C12H14ClNO4S. The van der Waals surface area contributed by atoms with E-state index in [1.54, 1.807) is 30.3 Å². The van der Waals surface area contributed by atoms with Gasteiger partial charge in [-0.25, -0.2) is 17.9 Å². The number of hydrogen-bond donors (Lipinski definition) is 1. The number of sulfonamides is 1. The molecule has 0 aliphatic carbocycles. The molecule has 19 heavy (non-hydrogen) atoms. The van der Waals surface area contributed by atoms with Crippen LogP contribution in [0.25, 0.3) is 6.08 Å². The lowest BCUT2D eigenvalue weighted by Gasteiger charge is -2.02. The van der Waals surface area contributed by atoms with E-state index >= 15 is 0 Å². The van der Waals surface area contributed by atoms with Crippen LogP contribution in [0.3, 0.4) is 0 Å². The summed E-state index contributed by atoms with van der Waals surface area (Å²) in [4.78, 5) is 11.3. The summed E-state index contributed by atoms with van der Waals surface area (Å²) in [5, 5.41) is 0.617.